The Kier molecular flexibility index (Phi) is 55.4. The van der Waals surface area contributed by atoms with Crippen molar-refractivity contribution >= 4 is 171 Å². The van der Waals surface area contributed by atoms with E-state index in [1.807, 2.05) is 98.7 Å². The standard InChI is InChI=1S/C19H17ClN4O.C17H12ClN3O2.C11H12ClNO.2C9H11N3O2.C8H7ClO.C8H9N3O2.C5H13NO2.CH3O.2ClH.Na/c1-24(2)18(25)14-5-9-16(10-6-14)22-19-21-12-11-17(23-19)13-3-7-15(20)8-4-13;18-13-5-1-11(2-6-13)15-9-10-19-17(21-15)20-14-7-3-12(4-8-14)16(22)23;1-13(2)8-7-11(14)9-3-5-10(12)6-4-9;2*1-14-8(13)6-2-4-7(5-3-6)12-9(10)11;1-6(10)7-2-4-8(9)5-3-7;9-8(10)11-6-3-1-5(2-4-6)7(12)13;1-6(2)5(7-3)8-4;1-2;;;/h3-12H,1-2H3,(H,21,22,23);1-10H,(H,22,23)(H,19,20,21);3-8H,1-2H3;2*2-5H,1H3,(H4,10,11,12);2-5H,1H3;1-4H,(H,12,13)(H4,9,10,11);5H,1-4H3;1H3;2*1H;/q;;;;;;;;-1;;;+1. The van der Waals surface area contributed by atoms with Crippen molar-refractivity contribution in [3.8, 4) is 22.5 Å². The normalized spacial score (nSPS) is 9.61. The van der Waals surface area contributed by atoms with Crippen LogP contribution in [0.25, 0.3) is 22.5 Å². The quantitative estimate of drug-likeness (QED) is 0.00607. The fourth-order valence-corrected chi connectivity index (χ4v) is 9.65. The molecular weight excluding hydrogens is 1760 g/mol. The minimum absolute atomic E-state index is 0. The van der Waals surface area contributed by atoms with Crippen LogP contribution in [0.4, 0.5) is 40.3 Å². The third-order valence-corrected chi connectivity index (χ3v) is 16.0. The summed E-state index contributed by atoms with van der Waals surface area (Å²) in [7, 11) is 17.6. The number of carboxylic acids is 2. The number of allylic oxidation sites excluding steroid dienone is 1. The van der Waals surface area contributed by atoms with Gasteiger partial charge < -0.3 is 89.1 Å². The van der Waals surface area contributed by atoms with E-state index in [4.69, 9.17) is 106 Å². The molecule has 0 spiro atoms. The molecule has 11 rings (SSSR count). The number of aliphatic imine (C=N–C) groups is 3. The number of nitrogens with two attached hydrogens (primary N) is 6. The largest absolute Gasteiger partial charge is 1.00 e. The van der Waals surface area contributed by atoms with E-state index in [0.29, 0.717) is 82.6 Å². The van der Waals surface area contributed by atoms with Crippen LogP contribution in [0.5, 0.6) is 0 Å². The van der Waals surface area contributed by atoms with Crippen LogP contribution >= 0.6 is 71.2 Å². The van der Waals surface area contributed by atoms with Gasteiger partial charge in [0, 0.05) is 126 Å². The zero-order valence-electron chi connectivity index (χ0n) is 70.9. The van der Waals surface area contributed by atoms with Gasteiger partial charge in [0.15, 0.2) is 29.4 Å². The van der Waals surface area contributed by atoms with Crippen molar-refractivity contribution in [2.75, 3.05) is 88.5 Å². The summed E-state index contributed by atoms with van der Waals surface area (Å²) in [5.41, 5.74) is 41.0. The molecule has 0 fully saturated rings. The molecule has 0 radical (unpaired) electrons. The molecule has 2 heterocycles. The molecule has 11 aromatic rings. The van der Waals surface area contributed by atoms with Gasteiger partial charge in [-0.25, -0.2) is 54.1 Å². The summed E-state index contributed by atoms with van der Waals surface area (Å²) >= 11 is 23.1. The second-order valence-corrected chi connectivity index (χ2v) is 26.7. The number of amides is 1. The fourth-order valence-electron chi connectivity index (χ4n) is 9.14. The average molecular weight is 1850 g/mol. The Balaban J connectivity index is 0.00000144. The molecule has 0 saturated heterocycles. The number of ether oxygens (including phenoxy) is 4. The summed E-state index contributed by atoms with van der Waals surface area (Å²) < 4.78 is 18.8. The van der Waals surface area contributed by atoms with Crippen molar-refractivity contribution in [1.82, 2.24) is 34.6 Å². The number of ketones is 2. The monoisotopic (exact) mass is 1850 g/mol. The summed E-state index contributed by atoms with van der Waals surface area (Å²) in [6, 6.07) is 64.6. The smallest absolute Gasteiger partial charge is 0.857 e. The Morgan fingerprint density at radius 1 is 0.421 bits per heavy atom. The van der Waals surface area contributed by atoms with Gasteiger partial charge in [-0.1, -0.05) is 70.7 Å². The fraction of sp³-hybridized carbons (Fsp3) is 0.149. The molecule has 2 aromatic heterocycles. The number of aromatic nitrogens is 4. The van der Waals surface area contributed by atoms with Gasteiger partial charge in [0.1, 0.15) is 0 Å². The van der Waals surface area contributed by atoms with Gasteiger partial charge in [0.2, 0.25) is 18.3 Å². The predicted octanol–water partition coefficient (Wildman–Crippen LogP) is 11.6. The van der Waals surface area contributed by atoms with E-state index >= 15 is 0 Å². The van der Waals surface area contributed by atoms with E-state index in [9.17, 15) is 33.6 Å². The maximum atomic E-state index is 11.9. The summed E-state index contributed by atoms with van der Waals surface area (Å²) in [5.74, 6) is -1.87. The summed E-state index contributed by atoms with van der Waals surface area (Å²) in [6.07, 6.45) is 6.39. The van der Waals surface area contributed by atoms with Crippen LogP contribution in [0.1, 0.15) is 79.4 Å². The molecule has 0 saturated carbocycles. The van der Waals surface area contributed by atoms with Gasteiger partial charge in [-0.15, -0.1) is 24.8 Å². The molecule has 126 heavy (non-hydrogen) atoms. The number of anilines is 4. The summed E-state index contributed by atoms with van der Waals surface area (Å²) in [4.78, 5) is 111. The number of methoxy groups -OCH3 is 4. The van der Waals surface area contributed by atoms with Crippen molar-refractivity contribution in [3.05, 3.63) is 314 Å². The first-order chi connectivity index (χ1) is 58.5. The van der Waals surface area contributed by atoms with Crippen LogP contribution in [-0.4, -0.2) is 188 Å². The number of aromatic carboxylic acids is 2. The molecule has 0 bridgehead atoms. The topological polar surface area (TPSA) is 498 Å². The number of nitrogens with one attached hydrogen (secondary N) is 2. The number of guanidine groups is 3. The first-order valence-corrected chi connectivity index (χ1v) is 37.4. The number of benzene rings is 9. The Bertz CT molecular complexity index is 5180. The minimum Gasteiger partial charge on any atom is -0.857 e. The third kappa shape index (κ3) is 44.6. The number of esters is 2. The molecule has 662 valence electrons. The van der Waals surface area contributed by atoms with Crippen LogP contribution in [0, 0.1) is 0 Å². The molecule has 16 N–H and O–H groups in total. The van der Waals surface area contributed by atoms with Gasteiger partial charge in [0.05, 0.1) is 64.9 Å². The van der Waals surface area contributed by atoms with Crippen molar-refractivity contribution < 1.29 is 97.4 Å². The maximum absolute atomic E-state index is 11.9. The van der Waals surface area contributed by atoms with Crippen LogP contribution in [0.15, 0.2) is 270 Å². The summed E-state index contributed by atoms with van der Waals surface area (Å²) in [5, 5.41) is 34.6. The van der Waals surface area contributed by atoms with E-state index < -0.39 is 11.9 Å². The van der Waals surface area contributed by atoms with Crippen LogP contribution in [-0.2, 0) is 18.9 Å². The van der Waals surface area contributed by atoms with E-state index in [1.54, 1.807) is 185 Å². The molecule has 39 heteroatoms. The molecule has 0 aliphatic heterocycles. The van der Waals surface area contributed by atoms with E-state index in [-0.39, 0.29) is 119 Å². The van der Waals surface area contributed by atoms with Crippen LogP contribution < -0.4 is 79.7 Å². The van der Waals surface area contributed by atoms with Gasteiger partial charge in [-0.05, 0) is 227 Å². The number of nitrogens with zero attached hydrogens (tertiary/aromatic N) is 10. The Morgan fingerprint density at radius 2 is 0.706 bits per heavy atom. The molecule has 0 unspecified atom stereocenters. The average Bonchev–Trinajstić information content (AvgIpc) is 0.842. The second-order valence-electron chi connectivity index (χ2n) is 24.9. The van der Waals surface area contributed by atoms with Gasteiger partial charge in [0.25, 0.3) is 5.91 Å². The van der Waals surface area contributed by atoms with E-state index in [2.05, 4.69) is 55.0 Å². The van der Waals surface area contributed by atoms with Gasteiger partial charge >= 0.3 is 53.4 Å². The van der Waals surface area contributed by atoms with E-state index in [0.717, 1.165) is 35.3 Å². The Hall–Kier alpha value is -12.6. The van der Waals surface area contributed by atoms with Gasteiger partial charge in [-0.2, -0.15) is 7.11 Å². The minimum atomic E-state index is -0.976. The number of carbonyl (C=O) groups is 7. The number of carboxylic acid groups (broad SMARTS) is 2. The zero-order valence-corrected chi connectivity index (χ0v) is 77.5. The Labute approximate surface area is 784 Å². The molecular formula is C87H97Cl6N18NaO14. The van der Waals surface area contributed by atoms with Crippen molar-refractivity contribution in [2.24, 2.45) is 49.4 Å². The molecule has 0 atom stereocenters. The number of hydrogen-bond acceptors (Lipinski definition) is 23. The Morgan fingerprint density at radius 3 is 0.968 bits per heavy atom. The first kappa shape index (κ1) is 113. The molecule has 0 aliphatic rings. The van der Waals surface area contributed by atoms with Crippen LogP contribution in [0.3, 0.4) is 0 Å². The molecule has 1 amide bonds. The SMILES string of the molecule is CC(=O)c1ccc(Cl)cc1.CN(C)C(=O)c1ccc(Nc2nccc(-c3ccc(Cl)cc3)n2)cc1.CN(C)C=CC(=O)c1ccc(Cl)cc1.COC(=O)c1ccc(N=C(N)N)cc1.COC(=O)c1ccc(N=C(N)N)cc1.COC(OC)N(C)C.C[O-].Cl.Cl.NC(N)=Nc1ccc(C(=O)O)cc1.O=C(O)c1ccc(Nc2nccc(-c3ccc(Cl)cc3)n2)cc1.[Na+]. The van der Waals surface area contributed by atoms with Crippen molar-refractivity contribution in [2.45, 2.75) is 13.3 Å². The zero-order chi connectivity index (χ0) is 91.7. The predicted molar refractivity (Wildman–Crippen MR) is 497 cm³/mol. The van der Waals surface area contributed by atoms with E-state index in [1.165, 1.54) is 63.6 Å². The number of carbonyl (C=O) groups excluding carboxylic acids is 5. The molecule has 32 nitrogen and oxygen atoms in total. The van der Waals surface area contributed by atoms with Crippen molar-refractivity contribution in [1.29, 1.82) is 0 Å². The number of Topliss-reactive ketones (excluding diaryl/α,β-unsaturated/α-hetero) is 1. The maximum Gasteiger partial charge on any atom is 1.00 e. The third-order valence-electron chi connectivity index (χ3n) is 15.0. The number of hydrogen-bond donors (Lipinski definition) is 10. The van der Waals surface area contributed by atoms with Gasteiger partial charge in [-0.3, -0.25) is 19.3 Å². The number of halogens is 6. The molecule has 9 aromatic carbocycles. The molecule has 0 aliphatic carbocycles. The second kappa shape index (κ2) is 61.6. The van der Waals surface area contributed by atoms with Crippen LogP contribution in [0.2, 0.25) is 20.1 Å². The number of rotatable bonds is 21. The first-order valence-electron chi connectivity index (χ1n) is 35.9. The van der Waals surface area contributed by atoms with Crippen molar-refractivity contribution in [3.63, 3.8) is 0 Å². The summed E-state index contributed by atoms with van der Waals surface area (Å²) in [6.45, 7) is 1.53.